The van der Waals surface area contributed by atoms with Crippen LogP contribution in [-0.2, 0) is 6.18 Å². The fraction of sp³-hybridized carbons (Fsp3) is 0.0769. The van der Waals surface area contributed by atoms with Crippen LogP contribution in [-0.4, -0.2) is 0 Å². The van der Waals surface area contributed by atoms with E-state index in [-0.39, 0.29) is 11.4 Å². The Morgan fingerprint density at radius 2 is 1.68 bits per heavy atom. The molecule has 0 amide bonds. The average molecular weight is 378 g/mol. The summed E-state index contributed by atoms with van der Waals surface area (Å²) in [4.78, 5) is 0. The molecule has 0 unspecified atom stereocenters. The van der Waals surface area contributed by atoms with Crippen LogP contribution in [0.15, 0.2) is 42.5 Å². The third kappa shape index (κ3) is 3.31. The monoisotopic (exact) mass is 378 g/mol. The maximum Gasteiger partial charge on any atom is 0.418 e. The summed E-state index contributed by atoms with van der Waals surface area (Å²) < 4.78 is 39.6. The summed E-state index contributed by atoms with van der Waals surface area (Å²) in [7, 11) is 0. The maximum absolute atomic E-state index is 12.9. The summed E-state index contributed by atoms with van der Waals surface area (Å²) in [5.41, 5.74) is 5.35. The maximum atomic E-state index is 12.9. The van der Waals surface area contributed by atoms with Crippen molar-refractivity contribution in [2.24, 2.45) is 0 Å². The quantitative estimate of drug-likeness (QED) is 0.591. The number of halogens is 4. The molecule has 19 heavy (non-hydrogen) atoms. The van der Waals surface area contributed by atoms with Crippen molar-refractivity contribution in [3.63, 3.8) is 0 Å². The van der Waals surface area contributed by atoms with Gasteiger partial charge in [0.25, 0.3) is 0 Å². The van der Waals surface area contributed by atoms with Crippen LogP contribution in [0, 0.1) is 3.57 Å². The molecule has 6 heteroatoms. The Morgan fingerprint density at radius 1 is 1.00 bits per heavy atom. The number of anilines is 3. The molecular formula is C13H10F3IN2. The molecule has 0 atom stereocenters. The van der Waals surface area contributed by atoms with Crippen LogP contribution in [0.5, 0.6) is 0 Å². The number of hydrogen-bond acceptors (Lipinski definition) is 2. The van der Waals surface area contributed by atoms with Crippen molar-refractivity contribution < 1.29 is 13.2 Å². The van der Waals surface area contributed by atoms with Crippen LogP contribution in [0.25, 0.3) is 0 Å². The molecule has 100 valence electrons. The minimum atomic E-state index is -4.45. The minimum Gasteiger partial charge on any atom is -0.399 e. The highest BCUT2D eigenvalue weighted by Crippen LogP contribution is 2.37. The summed E-state index contributed by atoms with van der Waals surface area (Å²) in [6.45, 7) is 0. The van der Waals surface area contributed by atoms with Crippen molar-refractivity contribution in [1.29, 1.82) is 0 Å². The molecule has 0 aliphatic rings. The highest BCUT2D eigenvalue weighted by Gasteiger charge is 2.33. The lowest BCUT2D eigenvalue weighted by Crippen LogP contribution is -2.09. The Labute approximate surface area is 122 Å². The predicted molar refractivity (Wildman–Crippen MR) is 78.3 cm³/mol. The third-order valence-electron chi connectivity index (χ3n) is 2.49. The Kier molecular flexibility index (Phi) is 3.88. The van der Waals surface area contributed by atoms with Crippen LogP contribution < -0.4 is 11.1 Å². The Bertz CT molecular complexity index is 597. The third-order valence-corrected chi connectivity index (χ3v) is 3.43. The molecular weight excluding hydrogens is 368 g/mol. The molecule has 0 saturated heterocycles. The molecule has 0 aliphatic carbocycles. The molecule has 0 bridgehead atoms. The van der Waals surface area contributed by atoms with Crippen LogP contribution in [0.2, 0.25) is 0 Å². The van der Waals surface area contributed by atoms with Crippen LogP contribution in [0.4, 0.5) is 30.2 Å². The summed E-state index contributed by atoms with van der Waals surface area (Å²) in [6.07, 6.45) is -4.45. The summed E-state index contributed by atoms with van der Waals surface area (Å²) in [5, 5.41) is 2.79. The first-order chi connectivity index (χ1) is 8.88. The van der Waals surface area contributed by atoms with Gasteiger partial charge in [-0.3, -0.25) is 0 Å². The second-order valence-electron chi connectivity index (χ2n) is 3.91. The van der Waals surface area contributed by atoms with E-state index >= 15 is 0 Å². The fourth-order valence-corrected chi connectivity index (χ4v) is 2.14. The first-order valence-electron chi connectivity index (χ1n) is 5.36. The zero-order valence-electron chi connectivity index (χ0n) is 9.63. The van der Waals surface area contributed by atoms with Crippen LogP contribution in [0.1, 0.15) is 5.56 Å². The van der Waals surface area contributed by atoms with Gasteiger partial charge in [-0.1, -0.05) is 12.1 Å². The lowest BCUT2D eigenvalue weighted by molar-refractivity contribution is -0.136. The zero-order valence-corrected chi connectivity index (χ0v) is 11.8. The van der Waals surface area contributed by atoms with E-state index in [4.69, 9.17) is 5.73 Å². The standard InChI is InChI=1S/C13H10F3IN2/c14-13(15,16)9-7-8(18)5-6-11(9)19-12-4-2-1-3-10(12)17/h1-7,19H,18H2. The minimum absolute atomic E-state index is 0.00850. The van der Waals surface area contributed by atoms with E-state index in [9.17, 15) is 13.2 Å². The highest BCUT2D eigenvalue weighted by molar-refractivity contribution is 14.1. The molecule has 3 N–H and O–H groups in total. The molecule has 0 heterocycles. The number of hydrogen-bond donors (Lipinski definition) is 2. The van der Waals surface area contributed by atoms with Gasteiger partial charge in [0, 0.05) is 9.26 Å². The van der Waals surface area contributed by atoms with Gasteiger partial charge in [-0.05, 0) is 52.9 Å². The van der Waals surface area contributed by atoms with E-state index in [0.717, 1.165) is 9.64 Å². The number of para-hydroxylation sites is 1. The normalized spacial score (nSPS) is 11.4. The lowest BCUT2D eigenvalue weighted by atomic mass is 10.1. The Balaban J connectivity index is 2.44. The van der Waals surface area contributed by atoms with E-state index in [2.05, 4.69) is 27.9 Å². The average Bonchev–Trinajstić information content (AvgIpc) is 2.33. The number of nitrogens with two attached hydrogens (primary N) is 1. The first kappa shape index (κ1) is 14.0. The van der Waals surface area contributed by atoms with Crippen molar-refractivity contribution in [2.45, 2.75) is 6.18 Å². The van der Waals surface area contributed by atoms with Crippen molar-refractivity contribution in [3.05, 3.63) is 51.6 Å². The van der Waals surface area contributed by atoms with Crippen molar-refractivity contribution >= 4 is 39.7 Å². The van der Waals surface area contributed by atoms with Crippen molar-refractivity contribution in [3.8, 4) is 0 Å². The summed E-state index contributed by atoms with van der Waals surface area (Å²) in [6, 6.07) is 10.8. The van der Waals surface area contributed by atoms with E-state index in [1.165, 1.54) is 12.1 Å². The second kappa shape index (κ2) is 5.28. The number of alkyl halides is 3. The topological polar surface area (TPSA) is 38.0 Å². The molecule has 2 rings (SSSR count). The number of rotatable bonds is 2. The van der Waals surface area contributed by atoms with Gasteiger partial charge < -0.3 is 11.1 Å². The zero-order chi connectivity index (χ0) is 14.0. The molecule has 0 aromatic heterocycles. The fourth-order valence-electron chi connectivity index (χ4n) is 1.61. The van der Waals surface area contributed by atoms with Crippen LogP contribution in [0.3, 0.4) is 0 Å². The Morgan fingerprint density at radius 3 is 2.32 bits per heavy atom. The molecule has 2 aromatic rings. The molecule has 0 aliphatic heterocycles. The molecule has 0 saturated carbocycles. The second-order valence-corrected chi connectivity index (χ2v) is 5.07. The highest BCUT2D eigenvalue weighted by atomic mass is 127. The van der Waals surface area contributed by atoms with Gasteiger partial charge in [-0.2, -0.15) is 13.2 Å². The summed E-state index contributed by atoms with van der Waals surface area (Å²) >= 11 is 2.06. The molecule has 2 aromatic carbocycles. The predicted octanol–water partition coefficient (Wildman–Crippen LogP) is 4.64. The van der Waals surface area contributed by atoms with Gasteiger partial charge in [-0.15, -0.1) is 0 Å². The van der Waals surface area contributed by atoms with Gasteiger partial charge in [0.05, 0.1) is 16.9 Å². The number of nitrogens with one attached hydrogen (secondary N) is 1. The molecule has 0 spiro atoms. The van der Waals surface area contributed by atoms with Gasteiger partial charge >= 0.3 is 6.18 Å². The SMILES string of the molecule is Nc1ccc(Nc2ccccc2I)c(C(F)(F)F)c1. The van der Waals surface area contributed by atoms with Gasteiger partial charge in [0.1, 0.15) is 0 Å². The van der Waals surface area contributed by atoms with Crippen LogP contribution >= 0.6 is 22.6 Å². The van der Waals surface area contributed by atoms with Gasteiger partial charge in [0.2, 0.25) is 0 Å². The largest absolute Gasteiger partial charge is 0.418 e. The molecule has 2 nitrogen and oxygen atoms in total. The number of nitrogen functional groups attached to an aromatic ring is 1. The first-order valence-corrected chi connectivity index (χ1v) is 6.44. The lowest BCUT2D eigenvalue weighted by Gasteiger charge is -2.16. The molecule has 0 fully saturated rings. The van der Waals surface area contributed by atoms with Gasteiger partial charge in [-0.25, -0.2) is 0 Å². The van der Waals surface area contributed by atoms with E-state index in [1.807, 2.05) is 12.1 Å². The van der Waals surface area contributed by atoms with Gasteiger partial charge in [0.15, 0.2) is 0 Å². The van der Waals surface area contributed by atoms with E-state index in [0.29, 0.717) is 5.69 Å². The summed E-state index contributed by atoms with van der Waals surface area (Å²) in [5.74, 6) is 0. The van der Waals surface area contributed by atoms with Crippen molar-refractivity contribution in [1.82, 2.24) is 0 Å². The smallest absolute Gasteiger partial charge is 0.399 e. The van der Waals surface area contributed by atoms with E-state index in [1.54, 1.807) is 12.1 Å². The molecule has 0 radical (unpaired) electrons. The number of benzene rings is 2. The van der Waals surface area contributed by atoms with Crippen molar-refractivity contribution in [2.75, 3.05) is 11.1 Å². The Hall–Kier alpha value is -1.44. The van der Waals surface area contributed by atoms with E-state index < -0.39 is 11.7 Å².